The molecule has 1 aromatic heterocycles. The molecule has 7 nitrogen and oxygen atoms in total. The molecular weight excluding hydrogens is 336 g/mol. The predicted molar refractivity (Wildman–Crippen MR) is 96.8 cm³/mol. The average molecular weight is 358 g/mol. The van der Waals surface area contributed by atoms with Crippen molar-refractivity contribution in [2.24, 2.45) is 0 Å². The molecule has 2 aromatic rings. The van der Waals surface area contributed by atoms with E-state index in [-0.39, 0.29) is 24.7 Å². The number of amides is 1. The van der Waals surface area contributed by atoms with Gasteiger partial charge in [0.1, 0.15) is 12.3 Å². The van der Waals surface area contributed by atoms with Gasteiger partial charge in [-0.3, -0.25) is 9.59 Å². The van der Waals surface area contributed by atoms with E-state index in [9.17, 15) is 14.4 Å². The number of benzene rings is 1. The van der Waals surface area contributed by atoms with Crippen LogP contribution < -0.4 is 5.32 Å². The number of H-pyrrole nitrogens is 1. The Bertz CT molecular complexity index is 838. The molecule has 0 saturated carbocycles. The SMILES string of the molecule is CCOC(=O)c1c[nH]c(C(=O)Nc2cc(C(=O)COC)ccc2C)c1C. The van der Waals surface area contributed by atoms with Crippen molar-refractivity contribution in [1.29, 1.82) is 0 Å². The molecule has 2 rings (SSSR count). The minimum atomic E-state index is -0.483. The molecule has 0 saturated heterocycles. The summed E-state index contributed by atoms with van der Waals surface area (Å²) >= 11 is 0. The molecule has 0 radical (unpaired) electrons. The van der Waals surface area contributed by atoms with Crippen LogP contribution in [0.25, 0.3) is 0 Å². The first-order chi connectivity index (χ1) is 12.4. The first-order valence-electron chi connectivity index (χ1n) is 8.18. The van der Waals surface area contributed by atoms with Crippen molar-refractivity contribution in [3.8, 4) is 0 Å². The van der Waals surface area contributed by atoms with Crippen LogP contribution in [0.15, 0.2) is 24.4 Å². The maximum Gasteiger partial charge on any atom is 0.339 e. The van der Waals surface area contributed by atoms with Crippen molar-refractivity contribution in [1.82, 2.24) is 4.98 Å². The van der Waals surface area contributed by atoms with E-state index >= 15 is 0 Å². The number of Topliss-reactive ketones (excluding diaryl/α,β-unsaturated/α-hetero) is 1. The Morgan fingerprint density at radius 1 is 1.19 bits per heavy atom. The highest BCUT2D eigenvalue weighted by Crippen LogP contribution is 2.20. The molecule has 0 aliphatic rings. The van der Waals surface area contributed by atoms with Gasteiger partial charge in [0.25, 0.3) is 5.91 Å². The molecule has 138 valence electrons. The van der Waals surface area contributed by atoms with Crippen LogP contribution in [-0.2, 0) is 9.47 Å². The number of aryl methyl sites for hydroxylation is 1. The van der Waals surface area contributed by atoms with E-state index < -0.39 is 11.9 Å². The molecule has 0 unspecified atom stereocenters. The van der Waals surface area contributed by atoms with Gasteiger partial charge in [0, 0.05) is 24.6 Å². The largest absolute Gasteiger partial charge is 0.462 e. The molecule has 1 heterocycles. The molecule has 0 spiro atoms. The van der Waals surface area contributed by atoms with Gasteiger partial charge in [-0.25, -0.2) is 4.79 Å². The second-order valence-electron chi connectivity index (χ2n) is 5.76. The maximum atomic E-state index is 12.6. The molecule has 0 atom stereocenters. The Labute approximate surface area is 151 Å². The van der Waals surface area contributed by atoms with Crippen molar-refractivity contribution in [2.75, 3.05) is 25.6 Å². The Morgan fingerprint density at radius 2 is 1.92 bits per heavy atom. The smallest absolute Gasteiger partial charge is 0.339 e. The number of methoxy groups -OCH3 is 1. The summed E-state index contributed by atoms with van der Waals surface area (Å²) < 4.78 is 9.82. The fourth-order valence-corrected chi connectivity index (χ4v) is 2.48. The van der Waals surface area contributed by atoms with Crippen LogP contribution in [0.3, 0.4) is 0 Å². The number of nitrogens with one attached hydrogen (secondary N) is 2. The third kappa shape index (κ3) is 4.18. The summed E-state index contributed by atoms with van der Waals surface area (Å²) in [7, 11) is 1.45. The lowest BCUT2D eigenvalue weighted by Gasteiger charge is -2.10. The quantitative estimate of drug-likeness (QED) is 0.586. The molecule has 1 amide bonds. The molecule has 26 heavy (non-hydrogen) atoms. The first kappa shape index (κ1) is 19.4. The van der Waals surface area contributed by atoms with Gasteiger partial charge in [-0.15, -0.1) is 0 Å². The third-order valence-corrected chi connectivity index (χ3v) is 3.95. The van der Waals surface area contributed by atoms with Gasteiger partial charge in [-0.2, -0.15) is 0 Å². The summed E-state index contributed by atoms with van der Waals surface area (Å²) in [4.78, 5) is 39.2. The highest BCUT2D eigenvalue weighted by Gasteiger charge is 2.20. The zero-order chi connectivity index (χ0) is 19.3. The highest BCUT2D eigenvalue weighted by molar-refractivity contribution is 6.07. The normalized spacial score (nSPS) is 10.5. The van der Waals surface area contributed by atoms with E-state index in [1.165, 1.54) is 13.3 Å². The van der Waals surface area contributed by atoms with Crippen molar-refractivity contribution in [3.05, 3.63) is 52.3 Å². The highest BCUT2D eigenvalue weighted by atomic mass is 16.5. The van der Waals surface area contributed by atoms with Crippen LogP contribution in [-0.4, -0.2) is 43.0 Å². The monoisotopic (exact) mass is 358 g/mol. The van der Waals surface area contributed by atoms with Crippen LogP contribution >= 0.6 is 0 Å². The van der Waals surface area contributed by atoms with Gasteiger partial charge >= 0.3 is 5.97 Å². The number of ether oxygens (including phenoxy) is 2. The van der Waals surface area contributed by atoms with Crippen molar-refractivity contribution in [3.63, 3.8) is 0 Å². The van der Waals surface area contributed by atoms with E-state index in [4.69, 9.17) is 9.47 Å². The summed E-state index contributed by atoms with van der Waals surface area (Å²) in [5, 5.41) is 2.77. The molecule has 0 aliphatic heterocycles. The fraction of sp³-hybridized carbons (Fsp3) is 0.316. The second kappa shape index (κ2) is 8.44. The lowest BCUT2D eigenvalue weighted by Crippen LogP contribution is -2.16. The number of carbonyl (C=O) groups excluding carboxylic acids is 3. The number of carbonyl (C=O) groups is 3. The van der Waals surface area contributed by atoms with Crippen LogP contribution in [0.5, 0.6) is 0 Å². The van der Waals surface area contributed by atoms with Gasteiger partial charge in [0.2, 0.25) is 0 Å². The maximum absolute atomic E-state index is 12.6. The topological polar surface area (TPSA) is 97.5 Å². The van der Waals surface area contributed by atoms with Crippen molar-refractivity contribution in [2.45, 2.75) is 20.8 Å². The molecule has 0 bridgehead atoms. The summed E-state index contributed by atoms with van der Waals surface area (Å²) in [5.41, 5.74) is 2.86. The third-order valence-electron chi connectivity index (χ3n) is 3.95. The number of hydrogen-bond donors (Lipinski definition) is 2. The van der Waals surface area contributed by atoms with Gasteiger partial charge < -0.3 is 19.8 Å². The zero-order valence-corrected chi connectivity index (χ0v) is 15.3. The minimum absolute atomic E-state index is 0.0327. The standard InChI is InChI=1S/C19H22N2O5/c1-5-26-19(24)14-9-20-17(12(14)3)18(23)21-15-8-13(7-6-11(15)2)16(22)10-25-4/h6-9,20H,5,10H2,1-4H3,(H,21,23). The van der Waals surface area contributed by atoms with E-state index in [0.717, 1.165) is 5.56 Å². The van der Waals surface area contributed by atoms with Crippen molar-refractivity contribution >= 4 is 23.3 Å². The Hall–Kier alpha value is -2.93. The van der Waals surface area contributed by atoms with Crippen molar-refractivity contribution < 1.29 is 23.9 Å². The van der Waals surface area contributed by atoms with E-state index in [0.29, 0.717) is 22.4 Å². The van der Waals surface area contributed by atoms with Gasteiger partial charge in [0.15, 0.2) is 5.78 Å². The predicted octanol–water partition coefficient (Wildman–Crippen LogP) is 2.89. The van der Waals surface area contributed by atoms with Crippen LogP contribution in [0.2, 0.25) is 0 Å². The Kier molecular flexibility index (Phi) is 6.30. The van der Waals surface area contributed by atoms with Gasteiger partial charge in [0.05, 0.1) is 12.2 Å². The van der Waals surface area contributed by atoms with Crippen LogP contribution in [0, 0.1) is 13.8 Å². The first-order valence-corrected chi connectivity index (χ1v) is 8.18. The number of hydrogen-bond acceptors (Lipinski definition) is 5. The number of aromatic amines is 1. The molecular formula is C19H22N2O5. The summed E-state index contributed by atoms with van der Waals surface area (Å²) in [5.74, 6) is -1.07. The molecule has 2 N–H and O–H groups in total. The van der Waals surface area contributed by atoms with Crippen LogP contribution in [0.4, 0.5) is 5.69 Å². The Morgan fingerprint density at radius 3 is 2.58 bits per heavy atom. The summed E-state index contributed by atoms with van der Waals surface area (Å²) in [6.07, 6.45) is 1.45. The lowest BCUT2D eigenvalue weighted by atomic mass is 10.1. The van der Waals surface area contributed by atoms with Crippen LogP contribution in [0.1, 0.15) is 49.3 Å². The summed E-state index contributed by atoms with van der Waals surface area (Å²) in [6.45, 7) is 5.44. The molecule has 0 fully saturated rings. The number of anilines is 1. The fourth-order valence-electron chi connectivity index (χ4n) is 2.48. The number of rotatable bonds is 7. The second-order valence-corrected chi connectivity index (χ2v) is 5.76. The number of ketones is 1. The van der Waals surface area contributed by atoms with E-state index in [1.807, 2.05) is 6.92 Å². The lowest BCUT2D eigenvalue weighted by molar-refractivity contribution is 0.0525. The summed E-state index contributed by atoms with van der Waals surface area (Å²) in [6, 6.07) is 5.05. The zero-order valence-electron chi connectivity index (χ0n) is 15.3. The minimum Gasteiger partial charge on any atom is -0.462 e. The van der Waals surface area contributed by atoms with E-state index in [1.54, 1.807) is 32.0 Å². The van der Waals surface area contributed by atoms with Gasteiger partial charge in [-0.05, 0) is 38.0 Å². The van der Waals surface area contributed by atoms with Gasteiger partial charge in [-0.1, -0.05) is 12.1 Å². The molecule has 0 aliphatic carbocycles. The average Bonchev–Trinajstić information content (AvgIpc) is 2.99. The number of aromatic nitrogens is 1. The Balaban J connectivity index is 2.24. The number of esters is 1. The molecule has 7 heteroatoms. The van der Waals surface area contributed by atoms with E-state index in [2.05, 4.69) is 10.3 Å². The molecule has 1 aromatic carbocycles.